The third-order valence-corrected chi connectivity index (χ3v) is 12.0. The van der Waals surface area contributed by atoms with Gasteiger partial charge in [-0.2, -0.15) is 4.31 Å². The van der Waals surface area contributed by atoms with Crippen LogP contribution in [-0.4, -0.2) is 134 Å². The number of thioether (sulfide) groups is 1. The molecule has 1 aliphatic carbocycles. The third-order valence-electron chi connectivity index (χ3n) is 8.02. The Morgan fingerprint density at radius 2 is 1.77 bits per heavy atom. The number of phosphoric ester groups is 3. The summed E-state index contributed by atoms with van der Waals surface area (Å²) in [5, 5.41) is 35.7. The topological polar surface area (TPSA) is 384 Å². The predicted molar refractivity (Wildman–Crippen MR) is 195 cm³/mol. The minimum atomic E-state index is -5.58. The predicted octanol–water partition coefficient (Wildman–Crippen LogP) is -1.09. The summed E-state index contributed by atoms with van der Waals surface area (Å²) in [4.78, 5) is 87.8. The number of anilines is 1. The first-order chi connectivity index (χ1) is 26.5. The summed E-state index contributed by atoms with van der Waals surface area (Å²) in [5.74, 6) is -1.28. The fraction of sp³-hybridized carbons (Fsp3) is 0.571. The molecule has 2 aromatic rings. The largest absolute Gasteiger partial charge is 0.481 e. The summed E-state index contributed by atoms with van der Waals surface area (Å²) in [6.07, 6.45) is -2.58. The maximum absolute atomic E-state index is 12.7. The van der Waals surface area contributed by atoms with Crippen LogP contribution in [0, 0.1) is 5.41 Å². The molecule has 11 N–H and O–H groups in total. The fourth-order valence-electron chi connectivity index (χ4n) is 5.16. The number of imidazole rings is 1. The smallest absolute Gasteiger partial charge is 0.389 e. The van der Waals surface area contributed by atoms with Gasteiger partial charge in [-0.25, -0.2) is 28.6 Å². The number of hydrogen-bond donors (Lipinski definition) is 10. The van der Waals surface area contributed by atoms with E-state index in [0.29, 0.717) is 12.0 Å². The van der Waals surface area contributed by atoms with Gasteiger partial charge in [0.25, 0.3) is 0 Å². The average Bonchev–Trinajstić information content (AvgIpc) is 3.68. The number of nitrogen functional groups attached to an aromatic ring is 1. The SMILES string of the molecule is CC(C)(COP(=O)(O)OP(=O)(O)OC[C@H]1O[C@@H](n2cnc3c(N)ncnc32)[C@H](O)[C@@H]1OP(=O)(O)O)[C@@H](O)C(=O)NCCC(=O)NCCSC(=O)C1=CC(O)CC=C1. The Kier molecular flexibility index (Phi) is 15.9. The van der Waals surface area contributed by atoms with Crippen LogP contribution in [0.2, 0.25) is 0 Å². The number of nitrogens with two attached hydrogens (primary N) is 1. The number of allylic oxidation sites excluding steroid dienone is 1. The van der Waals surface area contributed by atoms with Gasteiger partial charge in [0.1, 0.15) is 36.3 Å². The molecule has 0 bridgehead atoms. The van der Waals surface area contributed by atoms with Crippen LogP contribution >= 0.6 is 35.2 Å². The zero-order valence-corrected chi connectivity index (χ0v) is 33.5. The molecule has 3 heterocycles. The molecule has 1 fully saturated rings. The minimum absolute atomic E-state index is 0.0252. The van der Waals surface area contributed by atoms with E-state index in [2.05, 4.69) is 34.4 Å². The van der Waals surface area contributed by atoms with Crippen LogP contribution in [0.4, 0.5) is 5.82 Å². The minimum Gasteiger partial charge on any atom is -0.389 e. The Morgan fingerprint density at radius 1 is 1.07 bits per heavy atom. The van der Waals surface area contributed by atoms with Crippen molar-refractivity contribution in [1.82, 2.24) is 30.2 Å². The van der Waals surface area contributed by atoms with Gasteiger partial charge in [-0.3, -0.25) is 32.5 Å². The number of rotatable bonds is 20. The molecular formula is C28H42N7O18P3S. The molecule has 29 heteroatoms. The van der Waals surface area contributed by atoms with E-state index >= 15 is 0 Å². The van der Waals surface area contributed by atoms with Crippen LogP contribution in [-0.2, 0) is 50.7 Å². The van der Waals surface area contributed by atoms with Crippen molar-refractivity contribution < 1.29 is 85.6 Å². The molecule has 318 valence electrons. The van der Waals surface area contributed by atoms with Crippen molar-refractivity contribution in [2.45, 2.75) is 63.4 Å². The lowest BCUT2D eigenvalue weighted by Gasteiger charge is -2.30. The van der Waals surface area contributed by atoms with E-state index < -0.39 is 90.7 Å². The lowest BCUT2D eigenvalue weighted by molar-refractivity contribution is -0.137. The molecule has 3 unspecified atom stereocenters. The molecule has 2 amide bonds. The van der Waals surface area contributed by atoms with Gasteiger partial charge in [0, 0.05) is 36.3 Å². The molecule has 2 aromatic heterocycles. The third kappa shape index (κ3) is 13.5. The van der Waals surface area contributed by atoms with Crippen LogP contribution in [0.5, 0.6) is 0 Å². The number of aromatic nitrogens is 4. The maximum atomic E-state index is 12.7. The Labute approximate surface area is 327 Å². The van der Waals surface area contributed by atoms with Gasteiger partial charge in [-0.05, 0) is 12.5 Å². The first-order valence-electron chi connectivity index (χ1n) is 16.6. The van der Waals surface area contributed by atoms with Gasteiger partial charge < -0.3 is 56.0 Å². The number of aliphatic hydroxyl groups is 3. The molecule has 0 spiro atoms. The zero-order chi connectivity index (χ0) is 42.3. The second-order valence-electron chi connectivity index (χ2n) is 13.0. The summed E-state index contributed by atoms with van der Waals surface area (Å²) in [7, 11) is -16.4. The number of nitrogens with one attached hydrogen (secondary N) is 2. The number of carbonyl (C=O) groups excluding carboxylic acids is 3. The molecule has 25 nitrogen and oxygen atoms in total. The molecule has 8 atom stereocenters. The Balaban J connectivity index is 1.22. The van der Waals surface area contributed by atoms with Gasteiger partial charge in [0.2, 0.25) is 16.9 Å². The number of carbonyl (C=O) groups is 3. The van der Waals surface area contributed by atoms with E-state index in [9.17, 15) is 63.0 Å². The van der Waals surface area contributed by atoms with E-state index in [1.165, 1.54) is 19.9 Å². The van der Waals surface area contributed by atoms with Crippen LogP contribution in [0.3, 0.4) is 0 Å². The van der Waals surface area contributed by atoms with Crippen molar-refractivity contribution in [3.63, 3.8) is 0 Å². The van der Waals surface area contributed by atoms with Crippen LogP contribution < -0.4 is 16.4 Å². The van der Waals surface area contributed by atoms with E-state index in [1.54, 1.807) is 12.2 Å². The van der Waals surface area contributed by atoms with Crippen molar-refractivity contribution in [2.75, 3.05) is 37.8 Å². The number of aliphatic hydroxyl groups excluding tert-OH is 3. The Hall–Kier alpha value is -3.00. The van der Waals surface area contributed by atoms with Crippen molar-refractivity contribution in [2.24, 2.45) is 5.41 Å². The quantitative estimate of drug-likeness (QED) is 0.0558. The van der Waals surface area contributed by atoms with Gasteiger partial charge in [-0.1, -0.05) is 37.8 Å². The van der Waals surface area contributed by atoms with Crippen molar-refractivity contribution in [1.29, 1.82) is 0 Å². The number of phosphoric acid groups is 3. The van der Waals surface area contributed by atoms with Gasteiger partial charge in [-0.15, -0.1) is 0 Å². The summed E-state index contributed by atoms with van der Waals surface area (Å²) in [5.41, 5.74) is 4.59. The second kappa shape index (κ2) is 19.4. The molecule has 57 heavy (non-hydrogen) atoms. The summed E-state index contributed by atoms with van der Waals surface area (Å²) in [6, 6.07) is 0. The van der Waals surface area contributed by atoms with Crippen LogP contribution in [0.1, 0.15) is 32.9 Å². The number of amides is 2. The maximum Gasteiger partial charge on any atom is 0.481 e. The normalized spacial score (nSPS) is 24.0. The van der Waals surface area contributed by atoms with Crippen LogP contribution in [0.15, 0.2) is 36.5 Å². The molecule has 0 aromatic carbocycles. The Morgan fingerprint density at radius 3 is 2.46 bits per heavy atom. The first kappa shape index (κ1) is 46.7. The second-order valence-corrected chi connectivity index (χ2v) is 18.3. The van der Waals surface area contributed by atoms with Gasteiger partial charge in [0.05, 0.1) is 25.6 Å². The highest BCUT2D eigenvalue weighted by Crippen LogP contribution is 2.61. The van der Waals surface area contributed by atoms with Gasteiger partial charge in [0.15, 0.2) is 17.7 Å². The zero-order valence-electron chi connectivity index (χ0n) is 30.0. The van der Waals surface area contributed by atoms with Crippen molar-refractivity contribution in [3.8, 4) is 0 Å². The molecular weight excluding hydrogens is 847 g/mol. The highest BCUT2D eigenvalue weighted by molar-refractivity contribution is 8.14. The first-order valence-corrected chi connectivity index (χ1v) is 22.1. The average molecular weight is 890 g/mol. The number of nitrogens with zero attached hydrogens (tertiary/aromatic N) is 4. The number of fused-ring (bicyclic) bond motifs is 1. The highest BCUT2D eigenvalue weighted by atomic mass is 32.2. The lowest BCUT2D eigenvalue weighted by atomic mass is 9.87. The van der Waals surface area contributed by atoms with Gasteiger partial charge >= 0.3 is 23.5 Å². The molecule has 2 aliphatic rings. The molecule has 0 radical (unpaired) electrons. The van der Waals surface area contributed by atoms with E-state index in [0.717, 1.165) is 29.0 Å². The lowest BCUT2D eigenvalue weighted by Crippen LogP contribution is -2.46. The monoisotopic (exact) mass is 889 g/mol. The van der Waals surface area contributed by atoms with Crippen LogP contribution in [0.25, 0.3) is 11.2 Å². The standard InChI is InChI=1S/C28H42N7O18P3S/c1-28(2,22(39)25(40)31-7-6-18(37)30-8-9-57-27(41)15-4-3-5-16(36)10-15)12-50-56(47,48)53-55(45,46)49-11-17-21(52-54(42,43)44)20(38)26(51-17)35-14-34-19-23(29)32-13-33-24(19)35/h3-4,10,13-14,16-17,20-22,26,36,38-39H,5-9,11-12H2,1-2H3,(H,30,37)(H,31,40)(H,45,46)(H,47,48)(H2,29,32,33)(H2,42,43,44)/t16?,17-,20-,21-,22+,26-/m1/s1. The molecule has 1 aliphatic heterocycles. The summed E-state index contributed by atoms with van der Waals surface area (Å²) in [6.45, 7) is 0.341. The fourth-order valence-corrected chi connectivity index (χ4v) is 8.68. The van der Waals surface area contributed by atoms with Crippen molar-refractivity contribution in [3.05, 3.63) is 36.5 Å². The number of hydrogen-bond acceptors (Lipinski definition) is 19. The summed E-state index contributed by atoms with van der Waals surface area (Å²) < 4.78 is 62.1. The van der Waals surface area contributed by atoms with E-state index in [4.69, 9.17) is 19.5 Å². The number of ether oxygens (including phenoxy) is 1. The summed E-state index contributed by atoms with van der Waals surface area (Å²) >= 11 is 0.948. The molecule has 4 rings (SSSR count). The molecule has 0 saturated carbocycles. The molecule has 1 saturated heterocycles. The van der Waals surface area contributed by atoms with E-state index in [1.807, 2.05) is 0 Å². The highest BCUT2D eigenvalue weighted by Gasteiger charge is 2.50. The Bertz CT molecular complexity index is 2000. The van der Waals surface area contributed by atoms with E-state index in [-0.39, 0.29) is 47.4 Å². The van der Waals surface area contributed by atoms with Crippen molar-refractivity contribution >= 4 is 69.1 Å².